The second-order valence-electron chi connectivity index (χ2n) is 5.54. The van der Waals surface area contributed by atoms with Crippen molar-refractivity contribution >= 4 is 5.69 Å². The van der Waals surface area contributed by atoms with E-state index >= 15 is 0 Å². The quantitative estimate of drug-likeness (QED) is 0.784. The minimum Gasteiger partial charge on any atom is -0.399 e. The van der Waals surface area contributed by atoms with Gasteiger partial charge in [-0.25, -0.2) is 0 Å². The predicted molar refractivity (Wildman–Crippen MR) is 76.1 cm³/mol. The molecule has 0 aliphatic rings. The summed E-state index contributed by atoms with van der Waals surface area (Å²) in [6.07, 6.45) is 1.89. The van der Waals surface area contributed by atoms with Gasteiger partial charge in [-0.05, 0) is 58.0 Å². The zero-order chi connectivity index (χ0) is 13.6. The van der Waals surface area contributed by atoms with Gasteiger partial charge in [-0.1, -0.05) is 12.1 Å². The number of rotatable bonds is 6. The first-order valence-electron chi connectivity index (χ1n) is 6.37. The van der Waals surface area contributed by atoms with E-state index in [9.17, 15) is 0 Å². The molecule has 0 amide bonds. The Bertz CT molecular complexity index is 418. The molecule has 3 nitrogen and oxygen atoms in total. The maximum atomic E-state index is 8.96. The summed E-state index contributed by atoms with van der Waals surface area (Å²) in [6.45, 7) is 5.91. The molecular formula is C15H23N3. The molecule has 1 aromatic rings. The van der Waals surface area contributed by atoms with E-state index in [0.29, 0.717) is 0 Å². The monoisotopic (exact) mass is 245 g/mol. The van der Waals surface area contributed by atoms with E-state index in [0.717, 1.165) is 31.6 Å². The Labute approximate surface area is 110 Å². The van der Waals surface area contributed by atoms with Gasteiger partial charge in [0, 0.05) is 12.2 Å². The average molecular weight is 245 g/mol. The van der Waals surface area contributed by atoms with Crippen LogP contribution in [0.4, 0.5) is 5.69 Å². The number of nitrogens with zero attached hydrogens (tertiary/aromatic N) is 2. The van der Waals surface area contributed by atoms with Crippen LogP contribution >= 0.6 is 0 Å². The first kappa shape index (κ1) is 14.5. The van der Waals surface area contributed by atoms with Crippen LogP contribution in [0, 0.1) is 16.7 Å². The minimum atomic E-state index is -0.231. The highest BCUT2D eigenvalue weighted by molar-refractivity contribution is 5.40. The Morgan fingerprint density at radius 2 is 2.06 bits per heavy atom. The van der Waals surface area contributed by atoms with E-state index in [4.69, 9.17) is 11.0 Å². The van der Waals surface area contributed by atoms with Crippen molar-refractivity contribution in [2.24, 2.45) is 5.41 Å². The molecule has 0 heterocycles. The molecule has 98 valence electrons. The fourth-order valence-corrected chi connectivity index (χ4v) is 1.71. The summed E-state index contributed by atoms with van der Waals surface area (Å²) in [7, 11) is 2.10. The van der Waals surface area contributed by atoms with Crippen LogP contribution in [0.15, 0.2) is 24.3 Å². The molecule has 0 radical (unpaired) electrons. The molecule has 0 aromatic heterocycles. The van der Waals surface area contributed by atoms with Crippen LogP contribution in [0.5, 0.6) is 0 Å². The number of nitriles is 1. The molecule has 0 aliphatic carbocycles. The molecule has 18 heavy (non-hydrogen) atoms. The van der Waals surface area contributed by atoms with Gasteiger partial charge in [0.15, 0.2) is 0 Å². The van der Waals surface area contributed by atoms with E-state index in [1.807, 2.05) is 32.0 Å². The van der Waals surface area contributed by atoms with Crippen LogP contribution in [0.1, 0.15) is 25.8 Å². The molecule has 0 saturated carbocycles. The van der Waals surface area contributed by atoms with Crippen LogP contribution in [-0.4, -0.2) is 25.0 Å². The van der Waals surface area contributed by atoms with Gasteiger partial charge in [-0.2, -0.15) is 5.26 Å². The molecule has 0 atom stereocenters. The number of hydrogen-bond acceptors (Lipinski definition) is 3. The maximum absolute atomic E-state index is 8.96. The molecule has 0 spiro atoms. The van der Waals surface area contributed by atoms with Crippen molar-refractivity contribution in [3.05, 3.63) is 29.8 Å². The number of benzene rings is 1. The predicted octanol–water partition coefficient (Wildman–Crippen LogP) is 2.68. The zero-order valence-corrected chi connectivity index (χ0v) is 11.6. The van der Waals surface area contributed by atoms with Gasteiger partial charge in [0.2, 0.25) is 0 Å². The second-order valence-corrected chi connectivity index (χ2v) is 5.54. The lowest BCUT2D eigenvalue weighted by molar-refractivity contribution is 0.289. The first-order chi connectivity index (χ1) is 8.43. The van der Waals surface area contributed by atoms with Gasteiger partial charge in [-0.15, -0.1) is 0 Å². The Kier molecular flexibility index (Phi) is 5.18. The van der Waals surface area contributed by atoms with E-state index in [2.05, 4.69) is 24.1 Å². The number of nitrogens with two attached hydrogens (primary N) is 1. The van der Waals surface area contributed by atoms with Crippen LogP contribution in [0.3, 0.4) is 0 Å². The van der Waals surface area contributed by atoms with Crippen molar-refractivity contribution in [3.63, 3.8) is 0 Å². The molecule has 0 fully saturated rings. The fraction of sp³-hybridized carbons (Fsp3) is 0.533. The largest absolute Gasteiger partial charge is 0.399 e. The average Bonchev–Trinajstić information content (AvgIpc) is 2.34. The summed E-state index contributed by atoms with van der Waals surface area (Å²) in [5.74, 6) is 0. The fourth-order valence-electron chi connectivity index (χ4n) is 1.71. The number of anilines is 1. The lowest BCUT2D eigenvalue weighted by atomic mass is 9.91. The lowest BCUT2D eigenvalue weighted by Gasteiger charge is -2.21. The Balaban J connectivity index is 2.34. The van der Waals surface area contributed by atoms with Crippen molar-refractivity contribution in [3.8, 4) is 6.07 Å². The van der Waals surface area contributed by atoms with Gasteiger partial charge >= 0.3 is 0 Å². The van der Waals surface area contributed by atoms with Gasteiger partial charge in [-0.3, -0.25) is 0 Å². The van der Waals surface area contributed by atoms with E-state index in [1.165, 1.54) is 5.56 Å². The van der Waals surface area contributed by atoms with Crippen molar-refractivity contribution in [2.75, 3.05) is 25.9 Å². The molecular weight excluding hydrogens is 222 g/mol. The number of nitrogen functional groups attached to an aromatic ring is 1. The van der Waals surface area contributed by atoms with Crippen molar-refractivity contribution in [2.45, 2.75) is 26.7 Å². The summed E-state index contributed by atoms with van der Waals surface area (Å²) in [6, 6.07) is 10.4. The zero-order valence-electron chi connectivity index (χ0n) is 11.6. The summed E-state index contributed by atoms with van der Waals surface area (Å²) in [5.41, 5.74) is 7.60. The first-order valence-corrected chi connectivity index (χ1v) is 6.37. The van der Waals surface area contributed by atoms with Crippen molar-refractivity contribution < 1.29 is 0 Å². The van der Waals surface area contributed by atoms with Gasteiger partial charge in [0.05, 0.1) is 11.5 Å². The highest BCUT2D eigenvalue weighted by atomic mass is 15.1. The molecule has 0 aliphatic heterocycles. The Hall–Kier alpha value is -1.53. The Morgan fingerprint density at radius 3 is 2.67 bits per heavy atom. The summed E-state index contributed by atoms with van der Waals surface area (Å²) in [4.78, 5) is 2.27. The third-order valence-corrected chi connectivity index (χ3v) is 3.15. The molecule has 0 unspecified atom stereocenters. The minimum absolute atomic E-state index is 0.231. The Morgan fingerprint density at radius 1 is 1.33 bits per heavy atom. The molecule has 3 heteroatoms. The molecule has 2 N–H and O–H groups in total. The number of likely N-dealkylation sites (N-methyl/N-ethyl adjacent to an activating group) is 1. The van der Waals surface area contributed by atoms with Crippen LogP contribution in [-0.2, 0) is 6.42 Å². The maximum Gasteiger partial charge on any atom is 0.0684 e. The highest BCUT2D eigenvalue weighted by Gasteiger charge is 2.16. The van der Waals surface area contributed by atoms with Crippen LogP contribution in [0.2, 0.25) is 0 Å². The normalized spacial score (nSPS) is 11.5. The van der Waals surface area contributed by atoms with Crippen LogP contribution < -0.4 is 5.73 Å². The highest BCUT2D eigenvalue weighted by Crippen LogP contribution is 2.18. The van der Waals surface area contributed by atoms with Gasteiger partial charge < -0.3 is 10.6 Å². The van der Waals surface area contributed by atoms with Crippen LogP contribution in [0.25, 0.3) is 0 Å². The molecule has 0 saturated heterocycles. The standard InChI is InChI=1S/C15H23N3/c1-15(2,12-16)8-10-18(3)9-7-13-5-4-6-14(17)11-13/h4-6,11H,7-10,17H2,1-3H3. The smallest absolute Gasteiger partial charge is 0.0684 e. The summed E-state index contributed by atoms with van der Waals surface area (Å²) in [5, 5.41) is 8.96. The molecule has 1 rings (SSSR count). The SMILES string of the molecule is CN(CCc1cccc(N)c1)CCC(C)(C)C#N. The second kappa shape index (κ2) is 6.42. The summed E-state index contributed by atoms with van der Waals surface area (Å²) >= 11 is 0. The third-order valence-electron chi connectivity index (χ3n) is 3.15. The molecule has 1 aromatic carbocycles. The van der Waals surface area contributed by atoms with E-state index in [-0.39, 0.29) is 5.41 Å². The van der Waals surface area contributed by atoms with Gasteiger partial charge in [0.1, 0.15) is 0 Å². The molecule has 0 bridgehead atoms. The van der Waals surface area contributed by atoms with E-state index in [1.54, 1.807) is 0 Å². The van der Waals surface area contributed by atoms with Crippen molar-refractivity contribution in [1.82, 2.24) is 4.90 Å². The number of hydrogen-bond donors (Lipinski definition) is 1. The van der Waals surface area contributed by atoms with Gasteiger partial charge in [0.25, 0.3) is 0 Å². The van der Waals surface area contributed by atoms with E-state index < -0.39 is 0 Å². The summed E-state index contributed by atoms with van der Waals surface area (Å²) < 4.78 is 0. The lowest BCUT2D eigenvalue weighted by Crippen LogP contribution is -2.26. The third kappa shape index (κ3) is 5.20. The topological polar surface area (TPSA) is 53.0 Å². The van der Waals surface area contributed by atoms with Crippen molar-refractivity contribution in [1.29, 1.82) is 5.26 Å².